The summed E-state index contributed by atoms with van der Waals surface area (Å²) in [4.78, 5) is 25.8. The van der Waals surface area contributed by atoms with Gasteiger partial charge in [0.2, 0.25) is 11.8 Å². The molecule has 2 amide bonds. The van der Waals surface area contributed by atoms with Crippen molar-refractivity contribution in [1.82, 2.24) is 15.5 Å². The highest BCUT2D eigenvalue weighted by Gasteiger charge is 2.31. The molecule has 0 aromatic rings. The molecule has 5 heteroatoms. The first kappa shape index (κ1) is 15.0. The smallest absolute Gasteiger partial charge is 0.244 e. The normalized spacial score (nSPS) is 24.7. The summed E-state index contributed by atoms with van der Waals surface area (Å²) >= 11 is 0. The highest BCUT2D eigenvalue weighted by atomic mass is 16.2. The molecule has 1 saturated heterocycles. The second-order valence-corrected chi connectivity index (χ2v) is 4.98. The molecule has 1 unspecified atom stereocenters. The van der Waals surface area contributed by atoms with Crippen molar-refractivity contribution in [3.05, 3.63) is 0 Å². The minimum Gasteiger partial charge on any atom is -0.344 e. The van der Waals surface area contributed by atoms with Crippen LogP contribution in [-0.2, 0) is 9.59 Å². The van der Waals surface area contributed by atoms with Crippen LogP contribution in [0.25, 0.3) is 0 Å². The number of hydrogen-bond donors (Lipinski definition) is 2. The first-order valence-corrected chi connectivity index (χ1v) is 6.81. The Bertz CT molecular complexity index is 303. The van der Waals surface area contributed by atoms with E-state index in [-0.39, 0.29) is 17.7 Å². The highest BCUT2D eigenvalue weighted by molar-refractivity contribution is 5.88. The molecule has 5 nitrogen and oxygen atoms in total. The molecule has 0 saturated carbocycles. The average Bonchev–Trinajstić information content (AvgIpc) is 2.76. The van der Waals surface area contributed by atoms with Crippen molar-refractivity contribution in [3.8, 4) is 0 Å². The standard InChI is InChI=1S/C13H25N3O2/c1-5-16(6-2)13(18)10(4)15-12(17)11-8-14-7-9(11)3/h9-11,14H,5-8H2,1-4H3,(H,15,17)/t9-,10?,11-/m1/s1. The lowest BCUT2D eigenvalue weighted by molar-refractivity contribution is -0.136. The van der Waals surface area contributed by atoms with Crippen molar-refractivity contribution in [2.24, 2.45) is 11.8 Å². The van der Waals surface area contributed by atoms with Gasteiger partial charge in [0.15, 0.2) is 0 Å². The van der Waals surface area contributed by atoms with E-state index in [4.69, 9.17) is 0 Å². The SMILES string of the molecule is CCN(CC)C(=O)C(C)NC(=O)[C@@H]1CNC[C@H]1C. The van der Waals surface area contributed by atoms with Crippen LogP contribution in [0.15, 0.2) is 0 Å². The van der Waals surface area contributed by atoms with Gasteiger partial charge >= 0.3 is 0 Å². The van der Waals surface area contributed by atoms with E-state index >= 15 is 0 Å². The summed E-state index contributed by atoms with van der Waals surface area (Å²) in [5, 5.41) is 6.03. The largest absolute Gasteiger partial charge is 0.344 e. The molecule has 0 radical (unpaired) electrons. The summed E-state index contributed by atoms with van der Waals surface area (Å²) in [6.45, 7) is 10.6. The maximum Gasteiger partial charge on any atom is 0.244 e. The predicted molar refractivity (Wildman–Crippen MR) is 71.1 cm³/mol. The number of carbonyl (C=O) groups excluding carboxylic acids is 2. The van der Waals surface area contributed by atoms with E-state index in [0.29, 0.717) is 25.6 Å². The summed E-state index contributed by atoms with van der Waals surface area (Å²) in [7, 11) is 0. The Labute approximate surface area is 109 Å². The number of rotatable bonds is 5. The van der Waals surface area contributed by atoms with E-state index in [1.165, 1.54) is 0 Å². The monoisotopic (exact) mass is 255 g/mol. The van der Waals surface area contributed by atoms with Gasteiger partial charge in [-0.2, -0.15) is 0 Å². The first-order valence-electron chi connectivity index (χ1n) is 6.81. The molecule has 3 atom stereocenters. The lowest BCUT2D eigenvalue weighted by atomic mass is 9.97. The number of hydrogen-bond acceptors (Lipinski definition) is 3. The minimum atomic E-state index is -0.440. The van der Waals surface area contributed by atoms with Crippen LogP contribution < -0.4 is 10.6 Å². The van der Waals surface area contributed by atoms with Gasteiger partial charge in [0.1, 0.15) is 6.04 Å². The van der Waals surface area contributed by atoms with E-state index in [9.17, 15) is 9.59 Å². The Morgan fingerprint density at radius 3 is 2.39 bits per heavy atom. The van der Waals surface area contributed by atoms with Crippen molar-refractivity contribution >= 4 is 11.8 Å². The molecule has 1 fully saturated rings. The zero-order chi connectivity index (χ0) is 13.7. The summed E-state index contributed by atoms with van der Waals surface area (Å²) < 4.78 is 0. The maximum atomic E-state index is 12.0. The third-order valence-electron chi connectivity index (χ3n) is 3.66. The molecule has 0 aromatic carbocycles. The molecule has 18 heavy (non-hydrogen) atoms. The van der Waals surface area contributed by atoms with Crippen molar-refractivity contribution in [3.63, 3.8) is 0 Å². The van der Waals surface area contributed by atoms with Crippen molar-refractivity contribution in [2.45, 2.75) is 33.7 Å². The van der Waals surface area contributed by atoms with E-state index in [1.54, 1.807) is 11.8 Å². The Morgan fingerprint density at radius 1 is 1.33 bits per heavy atom. The molecule has 0 bridgehead atoms. The fraction of sp³-hybridized carbons (Fsp3) is 0.846. The van der Waals surface area contributed by atoms with E-state index in [2.05, 4.69) is 17.6 Å². The van der Waals surface area contributed by atoms with Gasteiger partial charge in [0.25, 0.3) is 0 Å². The van der Waals surface area contributed by atoms with Crippen LogP contribution in [0.5, 0.6) is 0 Å². The molecule has 2 N–H and O–H groups in total. The second kappa shape index (κ2) is 6.73. The first-order chi connectivity index (χ1) is 8.51. The molecule has 1 heterocycles. The zero-order valence-electron chi connectivity index (χ0n) is 11.8. The van der Waals surface area contributed by atoms with Crippen LogP contribution in [0.1, 0.15) is 27.7 Å². The van der Waals surface area contributed by atoms with Gasteiger partial charge in [-0.1, -0.05) is 6.92 Å². The van der Waals surface area contributed by atoms with Crippen molar-refractivity contribution in [1.29, 1.82) is 0 Å². The maximum absolute atomic E-state index is 12.0. The van der Waals surface area contributed by atoms with Gasteiger partial charge in [-0.25, -0.2) is 0 Å². The quantitative estimate of drug-likeness (QED) is 0.738. The van der Waals surface area contributed by atoms with Gasteiger partial charge in [-0.15, -0.1) is 0 Å². The molecule has 0 spiro atoms. The topological polar surface area (TPSA) is 61.4 Å². The number of likely N-dealkylation sites (N-methyl/N-ethyl adjacent to an activating group) is 1. The number of amides is 2. The van der Waals surface area contributed by atoms with Crippen LogP contribution >= 0.6 is 0 Å². The Kier molecular flexibility index (Phi) is 5.59. The predicted octanol–water partition coefficient (Wildman–Crippen LogP) is 0.215. The average molecular weight is 255 g/mol. The van der Waals surface area contributed by atoms with Crippen molar-refractivity contribution in [2.75, 3.05) is 26.2 Å². The van der Waals surface area contributed by atoms with E-state index in [1.807, 2.05) is 13.8 Å². The van der Waals surface area contributed by atoms with Gasteiger partial charge in [0, 0.05) is 19.6 Å². The van der Waals surface area contributed by atoms with Gasteiger partial charge < -0.3 is 15.5 Å². The fourth-order valence-corrected chi connectivity index (χ4v) is 2.35. The molecule has 0 aliphatic carbocycles. The highest BCUT2D eigenvalue weighted by Crippen LogP contribution is 2.15. The Morgan fingerprint density at radius 2 is 1.94 bits per heavy atom. The summed E-state index contributed by atoms with van der Waals surface area (Å²) in [5.41, 5.74) is 0. The summed E-state index contributed by atoms with van der Waals surface area (Å²) in [6.07, 6.45) is 0. The lowest BCUT2D eigenvalue weighted by Gasteiger charge is -2.24. The van der Waals surface area contributed by atoms with Crippen LogP contribution in [0.3, 0.4) is 0 Å². The van der Waals surface area contributed by atoms with Crippen LogP contribution in [0.2, 0.25) is 0 Å². The Hall–Kier alpha value is -1.10. The van der Waals surface area contributed by atoms with E-state index < -0.39 is 6.04 Å². The molecule has 104 valence electrons. The summed E-state index contributed by atoms with van der Waals surface area (Å²) in [6, 6.07) is -0.440. The third-order valence-corrected chi connectivity index (χ3v) is 3.66. The minimum absolute atomic E-state index is 0.00745. The lowest BCUT2D eigenvalue weighted by Crippen LogP contribution is -2.49. The summed E-state index contributed by atoms with van der Waals surface area (Å²) in [5.74, 6) is 0.296. The molecule has 1 rings (SSSR count). The third kappa shape index (κ3) is 3.45. The van der Waals surface area contributed by atoms with Gasteiger partial charge in [0.05, 0.1) is 5.92 Å². The van der Waals surface area contributed by atoms with Gasteiger partial charge in [-0.3, -0.25) is 9.59 Å². The number of carbonyl (C=O) groups is 2. The second-order valence-electron chi connectivity index (χ2n) is 4.98. The van der Waals surface area contributed by atoms with Crippen LogP contribution in [-0.4, -0.2) is 48.9 Å². The van der Waals surface area contributed by atoms with Crippen LogP contribution in [0.4, 0.5) is 0 Å². The number of nitrogens with one attached hydrogen (secondary N) is 2. The van der Waals surface area contributed by atoms with E-state index in [0.717, 1.165) is 6.54 Å². The molecule has 0 aromatic heterocycles. The van der Waals surface area contributed by atoms with Crippen molar-refractivity contribution < 1.29 is 9.59 Å². The van der Waals surface area contributed by atoms with Crippen LogP contribution in [0, 0.1) is 11.8 Å². The molecule has 1 aliphatic heterocycles. The fourth-order valence-electron chi connectivity index (χ4n) is 2.35. The Balaban J connectivity index is 2.51. The number of nitrogens with zero attached hydrogens (tertiary/aromatic N) is 1. The zero-order valence-corrected chi connectivity index (χ0v) is 11.8. The molecule has 1 aliphatic rings. The molecular formula is C13H25N3O2. The molecular weight excluding hydrogens is 230 g/mol. The van der Waals surface area contributed by atoms with Gasteiger partial charge in [-0.05, 0) is 33.2 Å².